The Bertz CT molecular complexity index is 796. The van der Waals surface area contributed by atoms with Gasteiger partial charge < -0.3 is 25.5 Å². The summed E-state index contributed by atoms with van der Waals surface area (Å²) in [7, 11) is 0. The molecular weight excluding hydrogens is 388 g/mol. The molecule has 0 radical (unpaired) electrons. The SMILES string of the molecule is Cc1ccc(Cc2cc([C@@H]3SC(CO)[C@@H](O)[C@H](O)[C@H]3O)c(O)cc2Cl)cc1. The minimum atomic E-state index is -1.41. The first-order valence-electron chi connectivity index (χ1n) is 8.69. The number of rotatable bonds is 4. The van der Waals surface area contributed by atoms with Crippen molar-refractivity contribution in [1.82, 2.24) is 0 Å². The van der Waals surface area contributed by atoms with E-state index in [2.05, 4.69) is 0 Å². The van der Waals surface area contributed by atoms with Crippen LogP contribution in [0.2, 0.25) is 5.02 Å². The molecule has 0 aromatic heterocycles. The van der Waals surface area contributed by atoms with Crippen molar-refractivity contribution in [3.05, 3.63) is 63.7 Å². The molecule has 0 aliphatic carbocycles. The number of aryl methyl sites for hydroxylation is 1. The molecule has 2 aromatic carbocycles. The van der Waals surface area contributed by atoms with Crippen LogP contribution in [0, 0.1) is 6.92 Å². The van der Waals surface area contributed by atoms with E-state index >= 15 is 0 Å². The van der Waals surface area contributed by atoms with Crippen LogP contribution in [0.25, 0.3) is 0 Å². The second-order valence-electron chi connectivity index (χ2n) is 6.91. The second kappa shape index (κ2) is 8.39. The molecule has 2 aromatic rings. The lowest BCUT2D eigenvalue weighted by atomic mass is 9.94. The standard InChI is InChI=1S/C20H23ClO5S/c1-10-2-4-11(5-3-10)6-12-7-13(15(23)8-14(12)21)20-19(26)18(25)17(24)16(9-22)27-20/h2-5,7-8,16-20,22-26H,6,9H2,1H3/t16?,17-,18+,19-,20+/m1/s1. The fourth-order valence-corrected chi connectivity index (χ4v) is 4.94. The molecule has 1 unspecified atom stereocenters. The number of hydrogen-bond donors (Lipinski definition) is 5. The highest BCUT2D eigenvalue weighted by atomic mass is 35.5. The summed E-state index contributed by atoms with van der Waals surface area (Å²) in [4.78, 5) is 0. The zero-order valence-electron chi connectivity index (χ0n) is 14.8. The number of aliphatic hydroxyl groups excluding tert-OH is 4. The topological polar surface area (TPSA) is 101 Å². The molecule has 5 nitrogen and oxygen atoms in total. The summed E-state index contributed by atoms with van der Waals surface area (Å²) >= 11 is 7.44. The number of phenolic OH excluding ortho intramolecular Hbond substituents is 1. The number of halogens is 1. The van der Waals surface area contributed by atoms with E-state index in [4.69, 9.17) is 11.6 Å². The van der Waals surface area contributed by atoms with Crippen molar-refractivity contribution in [3.63, 3.8) is 0 Å². The van der Waals surface area contributed by atoms with Gasteiger partial charge >= 0.3 is 0 Å². The molecular formula is C20H23ClO5S. The van der Waals surface area contributed by atoms with Gasteiger partial charge in [0.15, 0.2) is 0 Å². The van der Waals surface area contributed by atoms with Crippen LogP contribution >= 0.6 is 23.4 Å². The Balaban J connectivity index is 1.94. The number of thioether (sulfide) groups is 1. The van der Waals surface area contributed by atoms with Crippen molar-refractivity contribution in [2.75, 3.05) is 6.61 Å². The third-order valence-corrected chi connectivity index (χ3v) is 6.87. The number of benzene rings is 2. The van der Waals surface area contributed by atoms with Crippen LogP contribution in [0.15, 0.2) is 36.4 Å². The van der Waals surface area contributed by atoms with E-state index in [1.54, 1.807) is 6.07 Å². The van der Waals surface area contributed by atoms with Gasteiger partial charge in [-0.05, 0) is 36.6 Å². The van der Waals surface area contributed by atoms with Crippen LogP contribution in [0.5, 0.6) is 5.75 Å². The normalized spacial score (nSPS) is 28.3. The van der Waals surface area contributed by atoms with Crippen LogP contribution in [-0.2, 0) is 6.42 Å². The lowest BCUT2D eigenvalue weighted by Gasteiger charge is -2.39. The van der Waals surface area contributed by atoms with E-state index in [1.165, 1.54) is 6.07 Å². The van der Waals surface area contributed by atoms with Crippen molar-refractivity contribution >= 4 is 23.4 Å². The fraction of sp³-hybridized carbons (Fsp3) is 0.400. The Labute approximate surface area is 167 Å². The zero-order chi connectivity index (χ0) is 19.7. The van der Waals surface area contributed by atoms with Gasteiger partial charge in [0.1, 0.15) is 11.9 Å². The van der Waals surface area contributed by atoms with E-state index in [9.17, 15) is 25.5 Å². The number of hydrogen-bond acceptors (Lipinski definition) is 6. The molecule has 27 heavy (non-hydrogen) atoms. The molecule has 1 saturated heterocycles. The predicted molar refractivity (Wildman–Crippen MR) is 106 cm³/mol. The molecule has 1 heterocycles. The Morgan fingerprint density at radius 3 is 2.30 bits per heavy atom. The van der Waals surface area contributed by atoms with Crippen LogP contribution < -0.4 is 0 Å². The summed E-state index contributed by atoms with van der Waals surface area (Å²) < 4.78 is 0. The molecule has 146 valence electrons. The van der Waals surface area contributed by atoms with Gasteiger partial charge in [0.05, 0.1) is 29.3 Å². The van der Waals surface area contributed by atoms with Gasteiger partial charge in [0, 0.05) is 10.6 Å². The first-order chi connectivity index (χ1) is 12.8. The summed E-state index contributed by atoms with van der Waals surface area (Å²) in [6.45, 7) is 1.66. The van der Waals surface area contributed by atoms with Gasteiger partial charge in [0.25, 0.3) is 0 Å². The maximum absolute atomic E-state index is 10.4. The van der Waals surface area contributed by atoms with Crippen LogP contribution in [-0.4, -0.2) is 55.7 Å². The lowest BCUT2D eigenvalue weighted by Crippen LogP contribution is -2.51. The summed E-state index contributed by atoms with van der Waals surface area (Å²) in [5, 5.41) is 49.4. The van der Waals surface area contributed by atoms with E-state index in [1.807, 2.05) is 31.2 Å². The number of aliphatic hydroxyl groups is 4. The molecule has 0 bridgehead atoms. The quantitative estimate of drug-likeness (QED) is 0.529. The Morgan fingerprint density at radius 1 is 1.00 bits per heavy atom. The first-order valence-corrected chi connectivity index (χ1v) is 10.0. The third kappa shape index (κ3) is 4.26. The summed E-state index contributed by atoms with van der Waals surface area (Å²) in [6.07, 6.45) is -3.39. The Hall–Kier alpha value is -1.28. The molecule has 1 aliphatic rings. The highest BCUT2D eigenvalue weighted by Crippen LogP contribution is 2.46. The molecule has 5 atom stereocenters. The summed E-state index contributed by atoms with van der Waals surface area (Å²) in [6, 6.07) is 11.2. The van der Waals surface area contributed by atoms with E-state index in [0.717, 1.165) is 28.5 Å². The third-order valence-electron chi connectivity index (χ3n) is 4.91. The fourth-order valence-electron chi connectivity index (χ4n) is 3.27. The average Bonchev–Trinajstić information content (AvgIpc) is 2.64. The van der Waals surface area contributed by atoms with Gasteiger partial charge in [-0.1, -0.05) is 41.4 Å². The van der Waals surface area contributed by atoms with Crippen LogP contribution in [0.1, 0.15) is 27.5 Å². The number of aromatic hydroxyl groups is 1. The average molecular weight is 411 g/mol. The Kier molecular flexibility index (Phi) is 6.35. The van der Waals surface area contributed by atoms with Crippen LogP contribution in [0.3, 0.4) is 0 Å². The minimum absolute atomic E-state index is 0.0931. The largest absolute Gasteiger partial charge is 0.508 e. The van der Waals surface area contributed by atoms with Gasteiger partial charge in [-0.15, -0.1) is 11.8 Å². The second-order valence-corrected chi connectivity index (χ2v) is 8.71. The van der Waals surface area contributed by atoms with Gasteiger partial charge in [-0.25, -0.2) is 0 Å². The molecule has 1 aliphatic heterocycles. The number of phenols is 1. The molecule has 7 heteroatoms. The van der Waals surface area contributed by atoms with E-state index < -0.39 is 28.8 Å². The summed E-state index contributed by atoms with van der Waals surface area (Å²) in [5.41, 5.74) is 3.41. The van der Waals surface area contributed by atoms with Crippen molar-refractivity contribution in [2.24, 2.45) is 0 Å². The van der Waals surface area contributed by atoms with Crippen LogP contribution in [0.4, 0.5) is 0 Å². The van der Waals surface area contributed by atoms with Crippen molar-refractivity contribution in [2.45, 2.75) is 42.2 Å². The lowest BCUT2D eigenvalue weighted by molar-refractivity contribution is -0.0701. The molecule has 3 rings (SSSR count). The van der Waals surface area contributed by atoms with E-state index in [0.29, 0.717) is 17.0 Å². The highest BCUT2D eigenvalue weighted by molar-refractivity contribution is 8.00. The zero-order valence-corrected chi connectivity index (χ0v) is 16.4. The maximum atomic E-state index is 10.4. The molecule has 5 N–H and O–H groups in total. The summed E-state index contributed by atoms with van der Waals surface area (Å²) in [5.74, 6) is -0.0931. The smallest absolute Gasteiger partial charge is 0.121 e. The monoisotopic (exact) mass is 410 g/mol. The van der Waals surface area contributed by atoms with Gasteiger partial charge in [-0.3, -0.25) is 0 Å². The predicted octanol–water partition coefficient (Wildman–Crippen LogP) is 2.18. The van der Waals surface area contributed by atoms with Crippen molar-refractivity contribution in [1.29, 1.82) is 0 Å². The van der Waals surface area contributed by atoms with Gasteiger partial charge in [-0.2, -0.15) is 0 Å². The molecule has 0 spiro atoms. The Morgan fingerprint density at radius 2 is 1.67 bits per heavy atom. The van der Waals surface area contributed by atoms with Crippen molar-refractivity contribution < 1.29 is 25.5 Å². The highest BCUT2D eigenvalue weighted by Gasteiger charge is 2.44. The van der Waals surface area contributed by atoms with E-state index in [-0.39, 0.29) is 12.4 Å². The molecule has 0 saturated carbocycles. The van der Waals surface area contributed by atoms with Crippen molar-refractivity contribution in [3.8, 4) is 5.75 Å². The first kappa shape index (κ1) is 20.5. The van der Waals surface area contributed by atoms with Gasteiger partial charge in [0.2, 0.25) is 0 Å². The molecule has 1 fully saturated rings. The maximum Gasteiger partial charge on any atom is 0.121 e. The minimum Gasteiger partial charge on any atom is -0.508 e. The molecule has 0 amide bonds.